The number of halogens is 1. The van der Waals surface area contributed by atoms with Gasteiger partial charge in [-0.15, -0.1) is 0 Å². The van der Waals surface area contributed by atoms with Gasteiger partial charge in [0.25, 0.3) is 5.91 Å². The standard InChI is InChI=1S/C18H20FN3O2/c1-12-7-8-14(10-16(12)19)20-11-17(23)21-15-6-4-5-13(9-15)18(24)22(2)3/h4-10,20H,11H2,1-3H3,(H,21,23). The number of nitrogens with one attached hydrogen (secondary N) is 2. The van der Waals surface area contributed by atoms with E-state index in [4.69, 9.17) is 0 Å². The fraction of sp³-hybridized carbons (Fsp3) is 0.222. The summed E-state index contributed by atoms with van der Waals surface area (Å²) < 4.78 is 13.5. The van der Waals surface area contributed by atoms with Crippen molar-refractivity contribution in [2.24, 2.45) is 0 Å². The Morgan fingerprint density at radius 2 is 1.83 bits per heavy atom. The number of hydrogen-bond acceptors (Lipinski definition) is 3. The molecule has 2 aromatic rings. The zero-order valence-corrected chi connectivity index (χ0v) is 13.9. The molecule has 0 heterocycles. The van der Waals surface area contributed by atoms with Crippen LogP contribution in [0.15, 0.2) is 42.5 Å². The fourth-order valence-electron chi connectivity index (χ4n) is 2.08. The Morgan fingerprint density at radius 1 is 1.08 bits per heavy atom. The number of aryl methyl sites for hydroxylation is 1. The third-order valence-electron chi connectivity index (χ3n) is 3.42. The van der Waals surface area contributed by atoms with E-state index >= 15 is 0 Å². The Kier molecular flexibility index (Phi) is 5.52. The van der Waals surface area contributed by atoms with Gasteiger partial charge in [-0.2, -0.15) is 0 Å². The largest absolute Gasteiger partial charge is 0.376 e. The summed E-state index contributed by atoms with van der Waals surface area (Å²) in [5.74, 6) is -0.750. The monoisotopic (exact) mass is 329 g/mol. The Bertz CT molecular complexity index is 760. The summed E-state index contributed by atoms with van der Waals surface area (Å²) >= 11 is 0. The molecule has 0 bridgehead atoms. The molecular formula is C18H20FN3O2. The molecule has 0 fully saturated rings. The van der Waals surface area contributed by atoms with Crippen LogP contribution in [0.25, 0.3) is 0 Å². The highest BCUT2D eigenvalue weighted by Crippen LogP contribution is 2.14. The third-order valence-corrected chi connectivity index (χ3v) is 3.42. The first-order chi connectivity index (χ1) is 11.4. The van der Waals surface area contributed by atoms with Crippen LogP contribution in [0.3, 0.4) is 0 Å². The Hall–Kier alpha value is -2.89. The summed E-state index contributed by atoms with van der Waals surface area (Å²) in [6.07, 6.45) is 0. The number of nitrogens with zero attached hydrogens (tertiary/aromatic N) is 1. The molecule has 2 N–H and O–H groups in total. The smallest absolute Gasteiger partial charge is 0.253 e. The van der Waals surface area contributed by atoms with Crippen LogP contribution < -0.4 is 10.6 Å². The zero-order valence-electron chi connectivity index (χ0n) is 13.9. The molecular weight excluding hydrogens is 309 g/mol. The molecule has 0 aliphatic rings. The van der Waals surface area contributed by atoms with Crippen LogP contribution >= 0.6 is 0 Å². The molecule has 0 saturated heterocycles. The maximum atomic E-state index is 13.5. The van der Waals surface area contributed by atoms with E-state index < -0.39 is 0 Å². The van der Waals surface area contributed by atoms with Gasteiger partial charge in [-0.05, 0) is 42.8 Å². The first kappa shape index (κ1) is 17.5. The molecule has 6 heteroatoms. The highest BCUT2D eigenvalue weighted by molar-refractivity contribution is 5.97. The minimum absolute atomic E-state index is 0.00560. The fourth-order valence-corrected chi connectivity index (χ4v) is 2.08. The van der Waals surface area contributed by atoms with Crippen LogP contribution in [-0.2, 0) is 4.79 Å². The van der Waals surface area contributed by atoms with Crippen molar-refractivity contribution in [3.8, 4) is 0 Å². The zero-order chi connectivity index (χ0) is 17.7. The molecule has 24 heavy (non-hydrogen) atoms. The maximum Gasteiger partial charge on any atom is 0.253 e. The third kappa shape index (κ3) is 4.55. The number of carbonyl (C=O) groups is 2. The Balaban J connectivity index is 1.96. The Labute approximate surface area is 140 Å². The maximum absolute atomic E-state index is 13.5. The van der Waals surface area contributed by atoms with Crippen molar-refractivity contribution in [3.63, 3.8) is 0 Å². The number of anilines is 2. The molecule has 0 saturated carbocycles. The number of carbonyl (C=O) groups excluding carboxylic acids is 2. The summed E-state index contributed by atoms with van der Waals surface area (Å²) in [6.45, 7) is 1.67. The van der Waals surface area contributed by atoms with Gasteiger partial charge in [0.1, 0.15) is 5.82 Å². The van der Waals surface area contributed by atoms with E-state index in [1.165, 1.54) is 11.0 Å². The van der Waals surface area contributed by atoms with E-state index in [1.807, 2.05) is 0 Å². The number of benzene rings is 2. The second-order valence-electron chi connectivity index (χ2n) is 5.65. The number of hydrogen-bond donors (Lipinski definition) is 2. The highest BCUT2D eigenvalue weighted by Gasteiger charge is 2.09. The number of rotatable bonds is 5. The second kappa shape index (κ2) is 7.59. The van der Waals surface area contributed by atoms with Crippen molar-refractivity contribution >= 4 is 23.2 Å². The minimum atomic E-state index is -0.324. The highest BCUT2D eigenvalue weighted by atomic mass is 19.1. The topological polar surface area (TPSA) is 61.4 Å². The molecule has 126 valence electrons. The van der Waals surface area contributed by atoms with Crippen molar-refractivity contribution in [3.05, 3.63) is 59.4 Å². The van der Waals surface area contributed by atoms with E-state index in [1.54, 1.807) is 57.4 Å². The molecule has 2 aromatic carbocycles. The lowest BCUT2D eigenvalue weighted by Crippen LogP contribution is -2.23. The van der Waals surface area contributed by atoms with Crippen molar-refractivity contribution in [1.29, 1.82) is 0 Å². The van der Waals surface area contributed by atoms with Gasteiger partial charge in [-0.3, -0.25) is 9.59 Å². The summed E-state index contributed by atoms with van der Waals surface area (Å²) in [7, 11) is 3.33. The first-order valence-electron chi connectivity index (χ1n) is 7.48. The average molecular weight is 329 g/mol. The van der Waals surface area contributed by atoms with Crippen molar-refractivity contribution in [1.82, 2.24) is 4.90 Å². The van der Waals surface area contributed by atoms with Crippen LogP contribution in [0.5, 0.6) is 0 Å². The molecule has 0 aliphatic heterocycles. The van der Waals surface area contributed by atoms with Gasteiger partial charge in [0.05, 0.1) is 6.54 Å². The van der Waals surface area contributed by atoms with Crippen LogP contribution in [-0.4, -0.2) is 37.4 Å². The van der Waals surface area contributed by atoms with Crippen molar-refractivity contribution in [2.45, 2.75) is 6.92 Å². The Morgan fingerprint density at radius 3 is 2.50 bits per heavy atom. The molecule has 0 radical (unpaired) electrons. The van der Waals surface area contributed by atoms with Crippen LogP contribution in [0.2, 0.25) is 0 Å². The van der Waals surface area contributed by atoms with E-state index in [2.05, 4.69) is 10.6 Å². The molecule has 5 nitrogen and oxygen atoms in total. The van der Waals surface area contributed by atoms with Gasteiger partial charge in [-0.25, -0.2) is 4.39 Å². The normalized spacial score (nSPS) is 10.2. The van der Waals surface area contributed by atoms with Gasteiger partial charge in [-0.1, -0.05) is 12.1 Å². The molecule has 2 amide bonds. The summed E-state index contributed by atoms with van der Waals surface area (Å²) in [6, 6.07) is 11.4. The van der Waals surface area contributed by atoms with Gasteiger partial charge < -0.3 is 15.5 Å². The molecule has 2 rings (SSSR count). The lowest BCUT2D eigenvalue weighted by Gasteiger charge is -2.12. The number of amides is 2. The van der Waals surface area contributed by atoms with Crippen molar-refractivity contribution < 1.29 is 14.0 Å². The van der Waals surface area contributed by atoms with E-state index in [-0.39, 0.29) is 24.2 Å². The predicted octanol–water partition coefficient (Wildman–Crippen LogP) is 2.89. The first-order valence-corrected chi connectivity index (χ1v) is 7.48. The van der Waals surface area contributed by atoms with Crippen LogP contribution in [0.1, 0.15) is 15.9 Å². The predicted molar refractivity (Wildman–Crippen MR) is 92.7 cm³/mol. The van der Waals surface area contributed by atoms with E-state index in [9.17, 15) is 14.0 Å². The molecule has 0 spiro atoms. The summed E-state index contributed by atoms with van der Waals surface area (Å²) in [5, 5.41) is 5.57. The molecule has 0 atom stereocenters. The summed E-state index contributed by atoms with van der Waals surface area (Å²) in [5.41, 5.74) is 2.10. The lowest BCUT2D eigenvalue weighted by molar-refractivity contribution is -0.114. The quantitative estimate of drug-likeness (QED) is 0.887. The van der Waals surface area contributed by atoms with E-state index in [0.717, 1.165) is 0 Å². The lowest BCUT2D eigenvalue weighted by atomic mass is 10.2. The van der Waals surface area contributed by atoms with Gasteiger partial charge in [0, 0.05) is 31.0 Å². The van der Waals surface area contributed by atoms with Gasteiger partial charge in [0.15, 0.2) is 0 Å². The van der Waals surface area contributed by atoms with Crippen molar-refractivity contribution in [2.75, 3.05) is 31.3 Å². The SMILES string of the molecule is Cc1ccc(NCC(=O)Nc2cccc(C(=O)N(C)C)c2)cc1F. The molecule has 0 unspecified atom stereocenters. The van der Waals surface area contributed by atoms with Gasteiger partial charge in [0.2, 0.25) is 5.91 Å². The molecule has 0 aromatic heterocycles. The second-order valence-corrected chi connectivity index (χ2v) is 5.65. The minimum Gasteiger partial charge on any atom is -0.376 e. The van der Waals surface area contributed by atoms with E-state index in [0.29, 0.717) is 22.5 Å². The van der Waals surface area contributed by atoms with Gasteiger partial charge >= 0.3 is 0 Å². The van der Waals surface area contributed by atoms with Crippen LogP contribution in [0.4, 0.5) is 15.8 Å². The van der Waals surface area contributed by atoms with Crippen LogP contribution in [0, 0.1) is 12.7 Å². The average Bonchev–Trinajstić information content (AvgIpc) is 2.55. The summed E-state index contributed by atoms with van der Waals surface area (Å²) in [4.78, 5) is 25.4. The molecule has 0 aliphatic carbocycles.